The second kappa shape index (κ2) is 16.1. The minimum atomic E-state index is 0. The third-order valence-corrected chi connectivity index (χ3v) is 5.77. The van der Waals surface area contributed by atoms with E-state index in [2.05, 4.69) is 44.8 Å². The largest absolute Gasteiger partial charge is 0.379 e. The first kappa shape index (κ1) is 27.7. The number of halogens is 1. The molecule has 0 saturated carbocycles. The Bertz CT molecular complexity index is 693. The van der Waals surface area contributed by atoms with E-state index in [1.165, 1.54) is 5.69 Å². The van der Waals surface area contributed by atoms with Gasteiger partial charge in [-0.1, -0.05) is 18.2 Å². The third kappa shape index (κ3) is 10.1. The summed E-state index contributed by atoms with van der Waals surface area (Å²) in [5, 5.41) is 6.52. The van der Waals surface area contributed by atoms with Gasteiger partial charge < -0.3 is 29.9 Å². The highest BCUT2D eigenvalue weighted by Crippen LogP contribution is 2.16. The summed E-state index contributed by atoms with van der Waals surface area (Å²) >= 11 is 0. The average Bonchev–Trinajstić information content (AvgIpc) is 3.35. The summed E-state index contributed by atoms with van der Waals surface area (Å²) in [7, 11) is 0. The Balaban J connectivity index is 0.00000385. The number of ether oxygens (including phenoxy) is 2. The Kier molecular flexibility index (Phi) is 13.5. The maximum absolute atomic E-state index is 12.6. The number of rotatable bonds is 11. The van der Waals surface area contributed by atoms with Gasteiger partial charge in [0.25, 0.3) is 0 Å². The van der Waals surface area contributed by atoms with Crippen molar-refractivity contribution in [2.24, 2.45) is 4.99 Å². The van der Waals surface area contributed by atoms with Crippen LogP contribution in [0.4, 0.5) is 5.69 Å². The van der Waals surface area contributed by atoms with E-state index in [0.29, 0.717) is 32.7 Å². The third-order valence-electron chi connectivity index (χ3n) is 5.77. The molecule has 1 unspecified atom stereocenters. The van der Waals surface area contributed by atoms with Crippen LogP contribution in [-0.4, -0.2) is 88.5 Å². The van der Waals surface area contributed by atoms with Crippen LogP contribution in [0.15, 0.2) is 35.3 Å². The molecule has 2 heterocycles. The van der Waals surface area contributed by atoms with Gasteiger partial charge in [-0.3, -0.25) is 9.79 Å². The first-order chi connectivity index (χ1) is 15.8. The molecule has 0 spiro atoms. The molecule has 1 atom stereocenters. The van der Waals surface area contributed by atoms with Gasteiger partial charge in [0.1, 0.15) is 0 Å². The van der Waals surface area contributed by atoms with Crippen LogP contribution in [0.1, 0.15) is 32.6 Å². The minimum absolute atomic E-state index is 0. The van der Waals surface area contributed by atoms with E-state index in [0.717, 1.165) is 64.6 Å². The molecule has 2 fully saturated rings. The lowest BCUT2D eigenvalue weighted by Gasteiger charge is -2.36. The normalized spacial score (nSPS) is 18.7. The number of nitrogens with zero attached hydrogens (tertiary/aromatic N) is 3. The van der Waals surface area contributed by atoms with Gasteiger partial charge in [0, 0.05) is 71.1 Å². The van der Waals surface area contributed by atoms with Gasteiger partial charge in [0.2, 0.25) is 5.91 Å². The topological polar surface area (TPSA) is 78.4 Å². The molecule has 2 aliphatic rings. The van der Waals surface area contributed by atoms with Crippen LogP contribution < -0.4 is 15.5 Å². The maximum atomic E-state index is 12.6. The van der Waals surface area contributed by atoms with Gasteiger partial charge in [0.05, 0.1) is 12.7 Å². The van der Waals surface area contributed by atoms with Crippen LogP contribution in [0.25, 0.3) is 0 Å². The van der Waals surface area contributed by atoms with Crippen LogP contribution in [0.2, 0.25) is 0 Å². The highest BCUT2D eigenvalue weighted by molar-refractivity contribution is 14.0. The van der Waals surface area contributed by atoms with Crippen molar-refractivity contribution in [2.75, 3.05) is 70.5 Å². The Hall–Kier alpha value is -1.59. The van der Waals surface area contributed by atoms with Crippen molar-refractivity contribution in [1.82, 2.24) is 15.5 Å². The van der Waals surface area contributed by atoms with Crippen LogP contribution >= 0.6 is 24.0 Å². The number of guanidine groups is 1. The second-order valence-corrected chi connectivity index (χ2v) is 8.20. The number of amides is 1. The molecule has 2 aliphatic heterocycles. The Morgan fingerprint density at radius 2 is 1.97 bits per heavy atom. The number of aliphatic imine (C=N–C) groups is 1. The zero-order valence-electron chi connectivity index (χ0n) is 19.8. The zero-order chi connectivity index (χ0) is 22.4. The summed E-state index contributed by atoms with van der Waals surface area (Å²) in [4.78, 5) is 21.5. The number of carbonyl (C=O) groups is 1. The van der Waals surface area contributed by atoms with Crippen molar-refractivity contribution < 1.29 is 14.3 Å². The molecule has 9 heteroatoms. The van der Waals surface area contributed by atoms with E-state index >= 15 is 0 Å². The van der Waals surface area contributed by atoms with Crippen molar-refractivity contribution in [2.45, 2.75) is 38.7 Å². The van der Waals surface area contributed by atoms with Crippen LogP contribution in [0.5, 0.6) is 0 Å². The van der Waals surface area contributed by atoms with Gasteiger partial charge >= 0.3 is 0 Å². The van der Waals surface area contributed by atoms with E-state index in [1.54, 1.807) is 0 Å². The molecule has 0 bridgehead atoms. The fourth-order valence-corrected chi connectivity index (χ4v) is 3.99. The van der Waals surface area contributed by atoms with Gasteiger partial charge in [-0.2, -0.15) is 0 Å². The van der Waals surface area contributed by atoms with Gasteiger partial charge in [-0.15, -0.1) is 24.0 Å². The van der Waals surface area contributed by atoms with Crippen molar-refractivity contribution in [1.29, 1.82) is 0 Å². The molecule has 2 N–H and O–H groups in total. The van der Waals surface area contributed by atoms with Gasteiger partial charge in [-0.05, 0) is 38.3 Å². The highest BCUT2D eigenvalue weighted by atomic mass is 127. The molecular formula is C24H40IN5O3. The molecule has 1 amide bonds. The lowest BCUT2D eigenvalue weighted by atomic mass is 10.2. The lowest BCUT2D eigenvalue weighted by Crippen LogP contribution is -2.49. The standard InChI is InChI=1S/C24H39N5O3.HI/c1-2-25-24(26-12-7-18-31-20-22-10-6-19-32-22)27-13-11-23(30)29-16-14-28(15-17-29)21-8-4-3-5-9-21;/h3-5,8-9,22H,2,6-7,10-20H2,1H3,(H2,25,26,27);1H. The zero-order valence-corrected chi connectivity index (χ0v) is 22.2. The first-order valence-corrected chi connectivity index (χ1v) is 12.1. The SMILES string of the molecule is CCNC(=NCCCOCC1CCCO1)NCCC(=O)N1CCN(c2ccccc2)CC1.I. The number of hydrogen-bond donors (Lipinski definition) is 2. The number of piperazine rings is 1. The van der Waals surface area contributed by atoms with Crippen LogP contribution in [0.3, 0.4) is 0 Å². The Morgan fingerprint density at radius 1 is 1.18 bits per heavy atom. The number of carbonyl (C=O) groups excluding carboxylic acids is 1. The summed E-state index contributed by atoms with van der Waals surface area (Å²) in [6.45, 7) is 9.64. The minimum Gasteiger partial charge on any atom is -0.379 e. The van der Waals surface area contributed by atoms with Gasteiger partial charge in [-0.25, -0.2) is 0 Å². The van der Waals surface area contributed by atoms with E-state index in [4.69, 9.17) is 9.47 Å². The molecule has 33 heavy (non-hydrogen) atoms. The number of para-hydroxylation sites is 1. The van der Waals surface area contributed by atoms with Crippen LogP contribution in [0, 0.1) is 0 Å². The summed E-state index contributed by atoms with van der Waals surface area (Å²) in [6.07, 6.45) is 3.86. The van der Waals surface area contributed by atoms with Crippen molar-refractivity contribution in [3.8, 4) is 0 Å². The van der Waals surface area contributed by atoms with E-state index in [1.807, 2.05) is 17.9 Å². The average molecular weight is 574 g/mol. The summed E-state index contributed by atoms with van der Waals surface area (Å²) in [5.41, 5.74) is 1.23. The second-order valence-electron chi connectivity index (χ2n) is 8.20. The van der Waals surface area contributed by atoms with Gasteiger partial charge in [0.15, 0.2) is 5.96 Å². The molecule has 2 saturated heterocycles. The fourth-order valence-electron chi connectivity index (χ4n) is 3.99. The summed E-state index contributed by atoms with van der Waals surface area (Å²) in [6, 6.07) is 10.4. The highest BCUT2D eigenvalue weighted by Gasteiger charge is 2.21. The summed E-state index contributed by atoms with van der Waals surface area (Å²) in [5.74, 6) is 0.955. The molecule has 8 nitrogen and oxygen atoms in total. The maximum Gasteiger partial charge on any atom is 0.224 e. The fraction of sp³-hybridized carbons (Fsp3) is 0.667. The molecule has 0 radical (unpaired) electrons. The van der Waals surface area contributed by atoms with E-state index < -0.39 is 0 Å². The van der Waals surface area contributed by atoms with Crippen LogP contribution in [-0.2, 0) is 14.3 Å². The molecule has 0 aliphatic carbocycles. The smallest absolute Gasteiger partial charge is 0.224 e. The van der Waals surface area contributed by atoms with Crippen molar-refractivity contribution >= 4 is 41.5 Å². The Labute approximate surface area is 215 Å². The molecular weight excluding hydrogens is 533 g/mol. The number of benzene rings is 1. The molecule has 186 valence electrons. The van der Waals surface area contributed by atoms with E-state index in [-0.39, 0.29) is 36.0 Å². The number of nitrogens with one attached hydrogen (secondary N) is 2. The van der Waals surface area contributed by atoms with E-state index in [9.17, 15) is 4.79 Å². The summed E-state index contributed by atoms with van der Waals surface area (Å²) < 4.78 is 11.2. The predicted molar refractivity (Wildman–Crippen MR) is 144 cm³/mol. The monoisotopic (exact) mass is 573 g/mol. The lowest BCUT2D eigenvalue weighted by molar-refractivity contribution is -0.131. The first-order valence-electron chi connectivity index (χ1n) is 12.1. The Morgan fingerprint density at radius 3 is 2.67 bits per heavy atom. The molecule has 0 aromatic heterocycles. The quantitative estimate of drug-likeness (QED) is 0.183. The predicted octanol–water partition coefficient (Wildman–Crippen LogP) is 2.48. The molecule has 1 aromatic rings. The van der Waals surface area contributed by atoms with Crippen molar-refractivity contribution in [3.63, 3.8) is 0 Å². The number of anilines is 1. The van der Waals surface area contributed by atoms with Crippen molar-refractivity contribution in [3.05, 3.63) is 30.3 Å². The number of hydrogen-bond acceptors (Lipinski definition) is 5. The molecule has 1 aromatic carbocycles. The molecule has 3 rings (SSSR count).